The van der Waals surface area contributed by atoms with Crippen LogP contribution in [0, 0.1) is 11.8 Å². The maximum atomic E-state index is 12.3. The predicted molar refractivity (Wildman–Crippen MR) is 75.8 cm³/mol. The highest BCUT2D eigenvalue weighted by Crippen LogP contribution is 2.35. The van der Waals surface area contributed by atoms with Crippen LogP contribution in [-0.4, -0.2) is 36.1 Å². The van der Waals surface area contributed by atoms with Crippen LogP contribution >= 0.6 is 0 Å². The summed E-state index contributed by atoms with van der Waals surface area (Å²) in [5.41, 5.74) is 6.21. The first-order valence-corrected chi connectivity index (χ1v) is 8.05. The lowest BCUT2D eigenvalue weighted by Gasteiger charge is -2.29. The minimum atomic E-state index is 0.161. The zero-order valence-corrected chi connectivity index (χ0v) is 11.8. The molecule has 3 N–H and O–H groups in total. The molecule has 3 rings (SSSR count). The molecule has 3 aliphatic rings. The fourth-order valence-corrected chi connectivity index (χ4v) is 4.20. The minimum Gasteiger partial charge on any atom is -0.335 e. The summed E-state index contributed by atoms with van der Waals surface area (Å²) >= 11 is 0. The molecule has 2 amide bonds. The van der Waals surface area contributed by atoms with Gasteiger partial charge in [-0.05, 0) is 37.5 Å². The Hall–Kier alpha value is -0.770. The van der Waals surface area contributed by atoms with Crippen LogP contribution in [0.2, 0.25) is 0 Å². The van der Waals surface area contributed by atoms with E-state index < -0.39 is 0 Å². The van der Waals surface area contributed by atoms with E-state index in [2.05, 4.69) is 5.32 Å². The van der Waals surface area contributed by atoms with Crippen molar-refractivity contribution in [2.24, 2.45) is 17.6 Å². The number of carbonyl (C=O) groups excluding carboxylic acids is 1. The molecule has 3 fully saturated rings. The van der Waals surface area contributed by atoms with Crippen molar-refractivity contribution in [2.45, 2.75) is 63.5 Å². The highest BCUT2D eigenvalue weighted by Gasteiger charge is 2.40. The van der Waals surface area contributed by atoms with Crippen LogP contribution in [0.25, 0.3) is 0 Å². The molecule has 0 bridgehead atoms. The second-order valence-electron chi connectivity index (χ2n) is 6.71. The Morgan fingerprint density at radius 3 is 2.53 bits per heavy atom. The van der Waals surface area contributed by atoms with Gasteiger partial charge in [0.05, 0.1) is 0 Å². The van der Waals surface area contributed by atoms with Crippen molar-refractivity contribution in [1.29, 1.82) is 0 Å². The summed E-state index contributed by atoms with van der Waals surface area (Å²) < 4.78 is 0. The third-order valence-corrected chi connectivity index (χ3v) is 5.37. The van der Waals surface area contributed by atoms with Crippen molar-refractivity contribution in [2.75, 3.05) is 13.1 Å². The molecule has 1 saturated heterocycles. The summed E-state index contributed by atoms with van der Waals surface area (Å²) in [6.45, 7) is 1.81. The molecule has 3 unspecified atom stereocenters. The van der Waals surface area contributed by atoms with Crippen molar-refractivity contribution >= 4 is 6.03 Å². The number of nitrogens with one attached hydrogen (secondary N) is 1. The second-order valence-corrected chi connectivity index (χ2v) is 6.71. The zero-order valence-electron chi connectivity index (χ0n) is 11.8. The van der Waals surface area contributed by atoms with Gasteiger partial charge in [-0.15, -0.1) is 0 Å². The van der Waals surface area contributed by atoms with Gasteiger partial charge in [0, 0.05) is 25.2 Å². The van der Waals surface area contributed by atoms with E-state index in [-0.39, 0.29) is 6.03 Å². The molecule has 19 heavy (non-hydrogen) atoms. The van der Waals surface area contributed by atoms with Crippen molar-refractivity contribution in [3.8, 4) is 0 Å². The van der Waals surface area contributed by atoms with E-state index in [1.54, 1.807) is 0 Å². The number of hydrogen-bond acceptors (Lipinski definition) is 2. The van der Waals surface area contributed by atoms with Crippen LogP contribution in [0.5, 0.6) is 0 Å². The van der Waals surface area contributed by atoms with Crippen molar-refractivity contribution in [3.05, 3.63) is 0 Å². The Balaban J connectivity index is 1.53. The Morgan fingerprint density at radius 2 is 1.79 bits per heavy atom. The lowest BCUT2D eigenvalue weighted by Crippen LogP contribution is -2.45. The smallest absolute Gasteiger partial charge is 0.317 e. The Labute approximate surface area is 116 Å². The van der Waals surface area contributed by atoms with Crippen molar-refractivity contribution in [3.63, 3.8) is 0 Å². The van der Waals surface area contributed by atoms with Gasteiger partial charge < -0.3 is 16.0 Å². The van der Waals surface area contributed by atoms with Gasteiger partial charge in [-0.25, -0.2) is 4.79 Å². The van der Waals surface area contributed by atoms with Crippen LogP contribution in [0.1, 0.15) is 51.4 Å². The monoisotopic (exact) mass is 265 g/mol. The van der Waals surface area contributed by atoms with E-state index in [0.29, 0.717) is 23.9 Å². The molecular weight excluding hydrogens is 238 g/mol. The molecule has 0 aromatic heterocycles. The summed E-state index contributed by atoms with van der Waals surface area (Å²) in [4.78, 5) is 14.4. The van der Waals surface area contributed by atoms with Gasteiger partial charge in [-0.1, -0.05) is 25.7 Å². The van der Waals surface area contributed by atoms with Gasteiger partial charge in [-0.2, -0.15) is 0 Å². The normalized spacial score (nSPS) is 36.1. The van der Waals surface area contributed by atoms with E-state index in [1.165, 1.54) is 32.1 Å². The molecule has 2 aliphatic carbocycles. The minimum absolute atomic E-state index is 0.161. The lowest BCUT2D eigenvalue weighted by atomic mass is 9.78. The summed E-state index contributed by atoms with van der Waals surface area (Å²) in [6.07, 6.45) is 9.81. The first-order chi connectivity index (χ1) is 9.24. The maximum absolute atomic E-state index is 12.3. The highest BCUT2D eigenvalue weighted by atomic mass is 16.2. The fraction of sp³-hybridized carbons (Fsp3) is 0.933. The summed E-state index contributed by atoms with van der Waals surface area (Å²) in [5, 5.41) is 3.23. The van der Waals surface area contributed by atoms with Gasteiger partial charge >= 0.3 is 6.03 Å². The molecule has 2 saturated carbocycles. The molecule has 4 nitrogen and oxygen atoms in total. The molecule has 0 spiro atoms. The van der Waals surface area contributed by atoms with Gasteiger partial charge in [0.2, 0.25) is 0 Å². The molecule has 0 radical (unpaired) electrons. The van der Waals surface area contributed by atoms with E-state index in [1.807, 2.05) is 4.90 Å². The first-order valence-electron chi connectivity index (χ1n) is 8.05. The Morgan fingerprint density at radius 1 is 1.00 bits per heavy atom. The van der Waals surface area contributed by atoms with Crippen molar-refractivity contribution < 1.29 is 4.79 Å². The summed E-state index contributed by atoms with van der Waals surface area (Å²) in [7, 11) is 0. The van der Waals surface area contributed by atoms with Gasteiger partial charge in [0.25, 0.3) is 0 Å². The predicted octanol–water partition coefficient (Wildman–Crippen LogP) is 2.09. The number of hydrogen-bond donors (Lipinski definition) is 2. The fourth-order valence-electron chi connectivity index (χ4n) is 4.20. The largest absolute Gasteiger partial charge is 0.335 e. The number of carbonyl (C=O) groups is 1. The molecule has 1 heterocycles. The van der Waals surface area contributed by atoms with Gasteiger partial charge in [-0.3, -0.25) is 0 Å². The van der Waals surface area contributed by atoms with E-state index in [0.717, 1.165) is 32.4 Å². The van der Waals surface area contributed by atoms with E-state index >= 15 is 0 Å². The van der Waals surface area contributed by atoms with Crippen LogP contribution < -0.4 is 11.1 Å². The average molecular weight is 265 g/mol. The summed E-state index contributed by atoms with van der Waals surface area (Å²) in [5.74, 6) is 1.20. The standard InChI is InChI=1S/C15H27N3O/c16-14-8-4-5-11-9-18(10-13(11)14)15(19)17-12-6-2-1-3-7-12/h11-14H,1-10,16H2,(H,17,19). The third kappa shape index (κ3) is 2.88. The third-order valence-electron chi connectivity index (χ3n) is 5.37. The Kier molecular flexibility index (Phi) is 3.96. The number of rotatable bonds is 1. The van der Waals surface area contributed by atoms with Crippen LogP contribution in [0.3, 0.4) is 0 Å². The van der Waals surface area contributed by atoms with Gasteiger partial charge in [0.1, 0.15) is 0 Å². The number of fused-ring (bicyclic) bond motifs is 1. The Bertz CT molecular complexity index is 327. The molecular formula is C15H27N3O. The molecule has 0 aromatic carbocycles. The van der Waals surface area contributed by atoms with Crippen molar-refractivity contribution in [1.82, 2.24) is 10.2 Å². The average Bonchev–Trinajstić information content (AvgIpc) is 2.85. The van der Waals surface area contributed by atoms with E-state index in [4.69, 9.17) is 5.73 Å². The molecule has 3 atom stereocenters. The SMILES string of the molecule is NC1CCCC2CN(C(=O)NC3CCCCC3)CC12. The number of urea groups is 1. The molecule has 108 valence electrons. The topological polar surface area (TPSA) is 58.4 Å². The highest BCUT2D eigenvalue weighted by molar-refractivity contribution is 5.75. The van der Waals surface area contributed by atoms with Crippen LogP contribution in [-0.2, 0) is 0 Å². The quantitative estimate of drug-likeness (QED) is 0.762. The summed E-state index contributed by atoms with van der Waals surface area (Å²) in [6, 6.07) is 0.886. The number of amides is 2. The maximum Gasteiger partial charge on any atom is 0.317 e. The number of likely N-dealkylation sites (tertiary alicyclic amines) is 1. The van der Waals surface area contributed by atoms with Crippen LogP contribution in [0.4, 0.5) is 4.79 Å². The first kappa shape index (κ1) is 13.2. The zero-order chi connectivity index (χ0) is 13.2. The second kappa shape index (κ2) is 5.70. The van der Waals surface area contributed by atoms with E-state index in [9.17, 15) is 4.79 Å². The number of nitrogens with zero attached hydrogens (tertiary/aromatic N) is 1. The number of nitrogens with two attached hydrogens (primary N) is 1. The van der Waals surface area contributed by atoms with Crippen LogP contribution in [0.15, 0.2) is 0 Å². The van der Waals surface area contributed by atoms with Gasteiger partial charge in [0.15, 0.2) is 0 Å². The lowest BCUT2D eigenvalue weighted by molar-refractivity contribution is 0.198. The molecule has 1 aliphatic heterocycles. The molecule has 4 heteroatoms. The molecule has 0 aromatic rings.